The van der Waals surface area contributed by atoms with Crippen LogP contribution < -0.4 is 0 Å². The second kappa shape index (κ2) is 8.50. The zero-order chi connectivity index (χ0) is 23.1. The molecule has 0 aromatic heterocycles. The lowest BCUT2D eigenvalue weighted by molar-refractivity contribution is -0.143. The van der Waals surface area contributed by atoms with Gasteiger partial charge in [-0.1, -0.05) is 18.2 Å². The number of likely N-dealkylation sites (tertiary alicyclic amines) is 1. The Balaban J connectivity index is 1.68. The molecule has 4 rings (SSSR count). The minimum atomic E-state index is -4.60. The Bertz CT molecular complexity index is 909. The molecule has 3 aliphatic rings. The predicted octanol–water partition coefficient (Wildman–Crippen LogP) is 3.28. The van der Waals surface area contributed by atoms with Gasteiger partial charge >= 0.3 is 6.18 Å². The van der Waals surface area contributed by atoms with E-state index in [9.17, 15) is 27.6 Å². The SMILES string of the molecule is CCN(C[C@@H]1CCCO1)C(=O)C[C@@]1(c2cccc(C(F)(F)F)c2)CC(=O)N(C2CC2)C1=O. The number of amides is 3. The molecule has 1 aromatic carbocycles. The molecule has 32 heavy (non-hydrogen) atoms. The van der Waals surface area contributed by atoms with Gasteiger partial charge in [0.1, 0.15) is 0 Å². The molecule has 174 valence electrons. The van der Waals surface area contributed by atoms with Crippen LogP contribution in [0.15, 0.2) is 24.3 Å². The van der Waals surface area contributed by atoms with E-state index in [1.807, 2.05) is 6.92 Å². The summed E-state index contributed by atoms with van der Waals surface area (Å²) in [6.45, 7) is 3.18. The van der Waals surface area contributed by atoms with E-state index in [-0.39, 0.29) is 36.5 Å². The van der Waals surface area contributed by atoms with Gasteiger partial charge < -0.3 is 9.64 Å². The monoisotopic (exact) mass is 452 g/mol. The summed E-state index contributed by atoms with van der Waals surface area (Å²) >= 11 is 0. The van der Waals surface area contributed by atoms with Crippen molar-refractivity contribution >= 4 is 17.7 Å². The third kappa shape index (κ3) is 4.27. The highest BCUT2D eigenvalue weighted by atomic mass is 19.4. The number of rotatable bonds is 7. The molecule has 3 fully saturated rings. The molecule has 0 unspecified atom stereocenters. The number of hydrogen-bond donors (Lipinski definition) is 0. The van der Waals surface area contributed by atoms with E-state index in [1.54, 1.807) is 4.90 Å². The summed E-state index contributed by atoms with van der Waals surface area (Å²) in [4.78, 5) is 42.3. The smallest absolute Gasteiger partial charge is 0.376 e. The Labute approximate surface area is 184 Å². The van der Waals surface area contributed by atoms with Gasteiger partial charge in [-0.05, 0) is 44.2 Å². The van der Waals surface area contributed by atoms with Gasteiger partial charge in [0.2, 0.25) is 17.7 Å². The number of nitrogens with zero attached hydrogens (tertiary/aromatic N) is 2. The molecule has 2 aliphatic heterocycles. The van der Waals surface area contributed by atoms with Gasteiger partial charge in [0, 0.05) is 38.6 Å². The molecule has 1 aromatic rings. The van der Waals surface area contributed by atoms with Crippen molar-refractivity contribution < 1.29 is 32.3 Å². The van der Waals surface area contributed by atoms with Crippen molar-refractivity contribution in [3.63, 3.8) is 0 Å². The predicted molar refractivity (Wildman–Crippen MR) is 108 cm³/mol. The van der Waals surface area contributed by atoms with Crippen LogP contribution in [0.5, 0.6) is 0 Å². The first kappa shape index (κ1) is 22.8. The highest BCUT2D eigenvalue weighted by Crippen LogP contribution is 2.45. The number of benzene rings is 1. The van der Waals surface area contributed by atoms with E-state index in [0.29, 0.717) is 32.5 Å². The van der Waals surface area contributed by atoms with Crippen molar-refractivity contribution in [3.05, 3.63) is 35.4 Å². The van der Waals surface area contributed by atoms with Crippen molar-refractivity contribution in [2.45, 2.75) is 69.2 Å². The van der Waals surface area contributed by atoms with E-state index < -0.39 is 29.0 Å². The fourth-order valence-electron chi connectivity index (χ4n) is 4.74. The van der Waals surface area contributed by atoms with E-state index >= 15 is 0 Å². The number of ether oxygens (including phenoxy) is 1. The number of carbonyl (C=O) groups is 3. The zero-order valence-electron chi connectivity index (χ0n) is 18.0. The van der Waals surface area contributed by atoms with Crippen molar-refractivity contribution in [2.24, 2.45) is 0 Å². The Kier molecular flexibility index (Phi) is 6.04. The average Bonchev–Trinajstić information content (AvgIpc) is 3.37. The first-order chi connectivity index (χ1) is 15.2. The van der Waals surface area contributed by atoms with E-state index in [1.165, 1.54) is 17.0 Å². The van der Waals surface area contributed by atoms with Gasteiger partial charge in [-0.3, -0.25) is 19.3 Å². The summed E-state index contributed by atoms with van der Waals surface area (Å²) in [5.41, 5.74) is -2.46. The number of carbonyl (C=O) groups excluding carboxylic acids is 3. The minimum Gasteiger partial charge on any atom is -0.376 e. The van der Waals surface area contributed by atoms with Crippen LogP contribution in [0.2, 0.25) is 0 Å². The van der Waals surface area contributed by atoms with Crippen LogP contribution >= 0.6 is 0 Å². The summed E-state index contributed by atoms with van der Waals surface area (Å²) in [5.74, 6) is -1.35. The molecular weight excluding hydrogens is 425 g/mol. The normalized spacial score (nSPS) is 26.1. The second-order valence-electron chi connectivity index (χ2n) is 8.88. The number of halogens is 3. The molecule has 0 N–H and O–H groups in total. The first-order valence-corrected chi connectivity index (χ1v) is 11.1. The third-order valence-electron chi connectivity index (χ3n) is 6.64. The molecule has 9 heteroatoms. The molecule has 6 nitrogen and oxygen atoms in total. The fourth-order valence-corrected chi connectivity index (χ4v) is 4.74. The lowest BCUT2D eigenvalue weighted by Crippen LogP contribution is -2.45. The summed E-state index contributed by atoms with van der Waals surface area (Å²) < 4.78 is 45.8. The van der Waals surface area contributed by atoms with E-state index in [4.69, 9.17) is 4.74 Å². The maximum atomic E-state index is 13.5. The average molecular weight is 452 g/mol. The summed E-state index contributed by atoms with van der Waals surface area (Å²) in [7, 11) is 0. The molecular formula is C23H27F3N2O4. The highest BCUT2D eigenvalue weighted by Gasteiger charge is 2.57. The largest absolute Gasteiger partial charge is 0.416 e. The molecule has 0 radical (unpaired) electrons. The van der Waals surface area contributed by atoms with Gasteiger partial charge in [0.05, 0.1) is 17.1 Å². The Morgan fingerprint density at radius 3 is 2.59 bits per heavy atom. The topological polar surface area (TPSA) is 66.9 Å². The number of hydrogen-bond acceptors (Lipinski definition) is 4. The maximum Gasteiger partial charge on any atom is 0.416 e. The molecule has 0 bridgehead atoms. The fraction of sp³-hybridized carbons (Fsp3) is 0.609. The van der Waals surface area contributed by atoms with Gasteiger partial charge in [-0.15, -0.1) is 0 Å². The Morgan fingerprint density at radius 2 is 2.00 bits per heavy atom. The van der Waals surface area contributed by atoms with Gasteiger partial charge in [-0.2, -0.15) is 13.2 Å². The number of alkyl halides is 3. The summed E-state index contributed by atoms with van der Waals surface area (Å²) in [5, 5.41) is 0. The third-order valence-corrected chi connectivity index (χ3v) is 6.64. The molecule has 2 heterocycles. The van der Waals surface area contributed by atoms with Gasteiger partial charge in [-0.25, -0.2) is 0 Å². The van der Waals surface area contributed by atoms with Crippen LogP contribution in [0.3, 0.4) is 0 Å². The van der Waals surface area contributed by atoms with Crippen molar-refractivity contribution in [1.82, 2.24) is 9.80 Å². The lowest BCUT2D eigenvalue weighted by Gasteiger charge is -2.31. The molecule has 1 aliphatic carbocycles. The van der Waals surface area contributed by atoms with E-state index in [2.05, 4.69) is 0 Å². The second-order valence-corrected chi connectivity index (χ2v) is 8.88. The lowest BCUT2D eigenvalue weighted by atomic mass is 9.75. The van der Waals surface area contributed by atoms with Crippen molar-refractivity contribution in [1.29, 1.82) is 0 Å². The summed E-state index contributed by atoms with van der Waals surface area (Å²) in [6, 6.07) is 4.26. The first-order valence-electron chi connectivity index (χ1n) is 11.1. The molecule has 2 atom stereocenters. The minimum absolute atomic E-state index is 0.0651. The van der Waals surface area contributed by atoms with Crippen LogP contribution in [0.4, 0.5) is 13.2 Å². The Hall–Kier alpha value is -2.42. The molecule has 1 saturated carbocycles. The summed E-state index contributed by atoms with van der Waals surface area (Å²) in [6.07, 6.45) is -2.22. The van der Waals surface area contributed by atoms with E-state index in [0.717, 1.165) is 25.0 Å². The van der Waals surface area contributed by atoms with Crippen molar-refractivity contribution in [3.8, 4) is 0 Å². The van der Waals surface area contributed by atoms with Crippen LogP contribution in [0, 0.1) is 0 Å². The maximum absolute atomic E-state index is 13.5. The number of likely N-dealkylation sites (N-methyl/N-ethyl adjacent to an activating group) is 1. The molecule has 3 amide bonds. The van der Waals surface area contributed by atoms with Gasteiger partial charge in [0.15, 0.2) is 0 Å². The van der Waals surface area contributed by atoms with Crippen molar-refractivity contribution in [2.75, 3.05) is 19.7 Å². The van der Waals surface area contributed by atoms with Crippen LogP contribution in [-0.4, -0.2) is 59.4 Å². The standard InChI is InChI=1S/C23H27F3N2O4/c1-2-27(14-18-7-4-10-32-18)19(29)12-22(13-20(30)28(21(22)31)17-8-9-17)15-5-3-6-16(11-15)23(24,25)26/h3,5-6,11,17-18H,2,4,7-10,12-14H2,1H3/t18-,22-/m0/s1. The van der Waals surface area contributed by atoms with Crippen LogP contribution in [0.1, 0.15) is 56.6 Å². The Morgan fingerprint density at radius 1 is 1.25 bits per heavy atom. The quantitative estimate of drug-likeness (QED) is 0.596. The van der Waals surface area contributed by atoms with Crippen LogP contribution in [0.25, 0.3) is 0 Å². The van der Waals surface area contributed by atoms with Gasteiger partial charge in [0.25, 0.3) is 0 Å². The highest BCUT2D eigenvalue weighted by molar-refractivity contribution is 6.11. The zero-order valence-corrected chi connectivity index (χ0v) is 18.0. The molecule has 2 saturated heterocycles. The van der Waals surface area contributed by atoms with Crippen LogP contribution in [-0.2, 0) is 30.7 Å². The number of imide groups is 1. The molecule has 0 spiro atoms.